The fourth-order valence-electron chi connectivity index (χ4n) is 8.78. The molecule has 184 valence electrons. The first-order valence-electron chi connectivity index (χ1n) is 13.4. The number of allylic oxidation sites excluding steroid dienone is 5. The lowest BCUT2D eigenvalue weighted by atomic mass is 9.43. The first-order valence-corrected chi connectivity index (χ1v) is 13.4. The summed E-state index contributed by atoms with van der Waals surface area (Å²) < 4.78 is 0. The van der Waals surface area contributed by atoms with Crippen molar-refractivity contribution >= 4 is 5.97 Å². The number of aliphatic carboxylic acids is 1. The summed E-state index contributed by atoms with van der Waals surface area (Å²) in [6.45, 7) is 16.2. The molecule has 7 atom stereocenters. The molecular weight excluding hydrogens is 408 g/mol. The van der Waals surface area contributed by atoms with Gasteiger partial charge in [0.25, 0.3) is 0 Å². The molecule has 0 aromatic carbocycles. The Kier molecular flexibility index (Phi) is 6.30. The smallest absolute Gasteiger partial charge is 0.330 e. The van der Waals surface area contributed by atoms with Gasteiger partial charge < -0.3 is 10.2 Å². The quantitative estimate of drug-likeness (QED) is 0.338. The zero-order chi connectivity index (χ0) is 24.3. The Morgan fingerprint density at radius 2 is 1.94 bits per heavy atom. The normalized spacial score (nSPS) is 41.1. The van der Waals surface area contributed by atoms with Gasteiger partial charge in [-0.25, -0.2) is 4.79 Å². The van der Waals surface area contributed by atoms with Crippen LogP contribution in [0.4, 0.5) is 0 Å². The molecule has 4 rings (SSSR count). The number of aliphatic hydroxyl groups is 1. The van der Waals surface area contributed by atoms with Crippen molar-refractivity contribution in [1.29, 1.82) is 0 Å². The van der Waals surface area contributed by atoms with Crippen molar-refractivity contribution in [3.8, 4) is 0 Å². The standard InChI is InChI=1S/C30H46O3/c1-18(9-8-10-19(2)27(32)33)21-13-15-30(7)22-11-12-24-28(4,5)25(31)14-16-29(24,6)23(22)17-20(3)26(21)30/h10-11,18,20,23-25,31H,8-9,12-17H2,1-7H3,(H,32,33)/b19-10-/t18-,20-,23+,24+,25-,29-,30+/m1/s1. The molecule has 4 aliphatic rings. The van der Waals surface area contributed by atoms with Crippen LogP contribution in [0, 0.1) is 39.9 Å². The highest BCUT2D eigenvalue weighted by molar-refractivity contribution is 5.85. The van der Waals surface area contributed by atoms with E-state index in [1.807, 2.05) is 6.08 Å². The fourth-order valence-corrected chi connectivity index (χ4v) is 8.78. The lowest BCUT2D eigenvalue weighted by Gasteiger charge is -2.62. The molecule has 0 radical (unpaired) electrons. The third-order valence-electron chi connectivity index (χ3n) is 10.8. The summed E-state index contributed by atoms with van der Waals surface area (Å²) in [6, 6.07) is 0. The molecule has 0 heterocycles. The minimum Gasteiger partial charge on any atom is -0.478 e. The number of aliphatic hydroxyl groups excluding tert-OH is 1. The summed E-state index contributed by atoms with van der Waals surface area (Å²) in [5.41, 5.74) is 6.00. The van der Waals surface area contributed by atoms with Crippen molar-refractivity contribution in [2.45, 2.75) is 106 Å². The van der Waals surface area contributed by atoms with Crippen LogP contribution in [0.15, 0.2) is 34.4 Å². The van der Waals surface area contributed by atoms with Gasteiger partial charge in [0.05, 0.1) is 6.10 Å². The maximum atomic E-state index is 11.1. The van der Waals surface area contributed by atoms with E-state index in [1.165, 1.54) is 19.3 Å². The molecule has 2 N–H and O–H groups in total. The summed E-state index contributed by atoms with van der Waals surface area (Å²) in [6.07, 6.45) is 13.0. The molecule has 3 heteroatoms. The monoisotopic (exact) mass is 454 g/mol. The van der Waals surface area contributed by atoms with E-state index < -0.39 is 5.97 Å². The average Bonchev–Trinajstić information content (AvgIpc) is 3.11. The minimum atomic E-state index is -0.806. The van der Waals surface area contributed by atoms with Crippen molar-refractivity contribution in [2.75, 3.05) is 0 Å². The van der Waals surface area contributed by atoms with E-state index in [0.29, 0.717) is 29.2 Å². The number of carboxylic acids is 1. The second-order valence-corrected chi connectivity index (χ2v) is 13.0. The maximum Gasteiger partial charge on any atom is 0.330 e. The minimum absolute atomic E-state index is 0.0216. The van der Waals surface area contributed by atoms with Crippen molar-refractivity contribution < 1.29 is 15.0 Å². The van der Waals surface area contributed by atoms with Crippen LogP contribution in [0.5, 0.6) is 0 Å². The molecule has 0 spiro atoms. The molecule has 0 amide bonds. The predicted molar refractivity (Wildman–Crippen MR) is 135 cm³/mol. The van der Waals surface area contributed by atoms with Gasteiger partial charge in [0.1, 0.15) is 0 Å². The molecule has 0 unspecified atom stereocenters. The van der Waals surface area contributed by atoms with Gasteiger partial charge in [-0.1, -0.05) is 70.4 Å². The predicted octanol–water partition coefficient (Wildman–Crippen LogP) is 7.32. The van der Waals surface area contributed by atoms with E-state index in [9.17, 15) is 9.90 Å². The van der Waals surface area contributed by atoms with E-state index in [0.717, 1.165) is 32.1 Å². The van der Waals surface area contributed by atoms with Gasteiger partial charge in [0, 0.05) is 11.0 Å². The Morgan fingerprint density at radius 3 is 2.61 bits per heavy atom. The van der Waals surface area contributed by atoms with Crippen LogP contribution in [-0.2, 0) is 4.79 Å². The van der Waals surface area contributed by atoms with E-state index in [4.69, 9.17) is 5.11 Å². The van der Waals surface area contributed by atoms with Gasteiger partial charge in [-0.2, -0.15) is 0 Å². The number of hydrogen-bond acceptors (Lipinski definition) is 2. The Morgan fingerprint density at radius 1 is 1.24 bits per heavy atom. The Bertz CT molecular complexity index is 906. The van der Waals surface area contributed by atoms with Crippen molar-refractivity contribution in [1.82, 2.24) is 0 Å². The average molecular weight is 455 g/mol. The van der Waals surface area contributed by atoms with Gasteiger partial charge in [-0.05, 0) is 92.8 Å². The number of fused-ring (bicyclic) bond motifs is 5. The second kappa shape index (κ2) is 8.40. The fraction of sp³-hybridized carbons (Fsp3) is 0.767. The van der Waals surface area contributed by atoms with Crippen LogP contribution >= 0.6 is 0 Å². The molecule has 4 aliphatic carbocycles. The third-order valence-corrected chi connectivity index (χ3v) is 10.8. The molecule has 0 aliphatic heterocycles. The molecule has 0 aromatic rings. The summed E-state index contributed by atoms with van der Waals surface area (Å²) in [5.74, 6) is 1.48. The Balaban J connectivity index is 1.64. The van der Waals surface area contributed by atoms with Crippen LogP contribution in [-0.4, -0.2) is 22.3 Å². The lowest BCUT2D eigenvalue weighted by Crippen LogP contribution is -2.56. The van der Waals surface area contributed by atoms with Gasteiger partial charge in [-0.15, -0.1) is 0 Å². The molecule has 2 saturated carbocycles. The number of hydrogen-bond donors (Lipinski definition) is 2. The van der Waals surface area contributed by atoms with Crippen LogP contribution in [0.3, 0.4) is 0 Å². The maximum absolute atomic E-state index is 11.1. The summed E-state index contributed by atoms with van der Waals surface area (Å²) in [7, 11) is 0. The molecule has 33 heavy (non-hydrogen) atoms. The Labute approximate surface area is 201 Å². The third kappa shape index (κ3) is 3.77. The summed E-state index contributed by atoms with van der Waals surface area (Å²) in [4.78, 5) is 11.1. The van der Waals surface area contributed by atoms with Gasteiger partial charge in [-0.3, -0.25) is 0 Å². The highest BCUT2D eigenvalue weighted by atomic mass is 16.4. The second-order valence-electron chi connectivity index (χ2n) is 13.0. The number of carboxylic acid groups (broad SMARTS) is 1. The number of carbonyl (C=O) groups is 1. The van der Waals surface area contributed by atoms with Crippen molar-refractivity contribution in [2.24, 2.45) is 39.9 Å². The zero-order valence-corrected chi connectivity index (χ0v) is 22.0. The first kappa shape index (κ1) is 24.8. The van der Waals surface area contributed by atoms with E-state index >= 15 is 0 Å². The highest BCUT2D eigenvalue weighted by Crippen LogP contribution is 2.69. The SMILES string of the molecule is C/C(=C/CC[C@@H](C)C1=C2[C@H](C)C[C@H]3C(=CC[C@H]4C(C)(C)[C@H](O)CC[C@]34C)[C@]2(C)CC1)C(=O)O. The van der Waals surface area contributed by atoms with E-state index in [1.54, 1.807) is 23.6 Å². The molecule has 3 nitrogen and oxygen atoms in total. The van der Waals surface area contributed by atoms with E-state index in [2.05, 4.69) is 47.6 Å². The molecular formula is C30H46O3. The van der Waals surface area contributed by atoms with Crippen LogP contribution in [0.25, 0.3) is 0 Å². The van der Waals surface area contributed by atoms with Crippen LogP contribution in [0.2, 0.25) is 0 Å². The zero-order valence-electron chi connectivity index (χ0n) is 22.0. The first-order chi connectivity index (χ1) is 15.3. The number of rotatable bonds is 5. The molecule has 2 fully saturated rings. The summed E-state index contributed by atoms with van der Waals surface area (Å²) in [5, 5.41) is 19.9. The van der Waals surface area contributed by atoms with Gasteiger partial charge in [0.2, 0.25) is 0 Å². The lowest BCUT2D eigenvalue weighted by molar-refractivity contribution is -0.132. The van der Waals surface area contributed by atoms with Crippen molar-refractivity contribution in [3.63, 3.8) is 0 Å². The van der Waals surface area contributed by atoms with Gasteiger partial charge in [0.15, 0.2) is 0 Å². The van der Waals surface area contributed by atoms with Crippen LogP contribution in [0.1, 0.15) is 99.8 Å². The highest BCUT2D eigenvalue weighted by Gasteiger charge is 2.60. The van der Waals surface area contributed by atoms with E-state index in [-0.39, 0.29) is 22.3 Å². The van der Waals surface area contributed by atoms with Crippen molar-refractivity contribution in [3.05, 3.63) is 34.4 Å². The molecule has 0 aromatic heterocycles. The molecule has 0 bridgehead atoms. The van der Waals surface area contributed by atoms with Crippen LogP contribution < -0.4 is 0 Å². The Hall–Kier alpha value is -1.35. The topological polar surface area (TPSA) is 57.5 Å². The largest absolute Gasteiger partial charge is 0.478 e. The summed E-state index contributed by atoms with van der Waals surface area (Å²) >= 11 is 0. The molecule has 0 saturated heterocycles. The van der Waals surface area contributed by atoms with Gasteiger partial charge >= 0.3 is 5.97 Å².